The molecule has 0 aliphatic heterocycles. The third-order valence-electron chi connectivity index (χ3n) is 5.16. The molecule has 2 aromatic heterocycles. The molecular formula is C21H30N6O3. The summed E-state index contributed by atoms with van der Waals surface area (Å²) in [7, 11) is 7.41. The number of aromatic amines is 2. The van der Waals surface area contributed by atoms with Gasteiger partial charge in [-0.1, -0.05) is 0 Å². The van der Waals surface area contributed by atoms with Crippen molar-refractivity contribution in [3.63, 3.8) is 0 Å². The second kappa shape index (κ2) is 9.17. The van der Waals surface area contributed by atoms with Crippen LogP contribution in [0.1, 0.15) is 40.2 Å². The van der Waals surface area contributed by atoms with Gasteiger partial charge in [0.1, 0.15) is 11.4 Å². The normalized spacial score (nSPS) is 13.4. The number of hydrogen-bond donors (Lipinski definition) is 3. The third-order valence-corrected chi connectivity index (χ3v) is 5.16. The predicted molar refractivity (Wildman–Crippen MR) is 116 cm³/mol. The van der Waals surface area contributed by atoms with Crippen LogP contribution in [-0.2, 0) is 4.79 Å². The van der Waals surface area contributed by atoms with E-state index in [0.29, 0.717) is 29.3 Å². The van der Waals surface area contributed by atoms with Crippen molar-refractivity contribution in [2.75, 3.05) is 51.5 Å². The SMILES string of the molecule is CN(C)CCCN(C)C(=O)c1cc(N(C)C(=O)c2cc(NC(=O)C3CC3)c[nH]2)c[nH]1. The van der Waals surface area contributed by atoms with E-state index in [4.69, 9.17) is 0 Å². The minimum atomic E-state index is -0.265. The molecule has 0 saturated heterocycles. The highest BCUT2D eigenvalue weighted by molar-refractivity contribution is 6.06. The summed E-state index contributed by atoms with van der Waals surface area (Å²) in [6, 6.07) is 3.29. The highest BCUT2D eigenvalue weighted by Gasteiger charge is 2.30. The van der Waals surface area contributed by atoms with Crippen LogP contribution in [0.2, 0.25) is 0 Å². The molecule has 0 radical (unpaired) electrons. The molecule has 1 aliphatic carbocycles. The molecule has 2 aromatic rings. The van der Waals surface area contributed by atoms with Crippen LogP contribution in [0.4, 0.5) is 11.4 Å². The highest BCUT2D eigenvalue weighted by atomic mass is 16.2. The Kier molecular flexibility index (Phi) is 6.61. The van der Waals surface area contributed by atoms with Gasteiger partial charge in [-0.25, -0.2) is 0 Å². The molecule has 1 aliphatic rings. The van der Waals surface area contributed by atoms with Gasteiger partial charge in [0.15, 0.2) is 0 Å². The van der Waals surface area contributed by atoms with Gasteiger partial charge in [-0.2, -0.15) is 0 Å². The number of H-pyrrole nitrogens is 2. The van der Waals surface area contributed by atoms with E-state index >= 15 is 0 Å². The third kappa shape index (κ3) is 5.29. The maximum atomic E-state index is 12.8. The molecule has 162 valence electrons. The van der Waals surface area contributed by atoms with Crippen LogP contribution < -0.4 is 10.2 Å². The second-order valence-corrected chi connectivity index (χ2v) is 8.08. The van der Waals surface area contributed by atoms with Gasteiger partial charge in [-0.05, 0) is 52.0 Å². The molecule has 9 nitrogen and oxygen atoms in total. The fourth-order valence-electron chi connectivity index (χ4n) is 3.11. The zero-order valence-corrected chi connectivity index (χ0v) is 18.0. The van der Waals surface area contributed by atoms with Crippen LogP contribution in [0.3, 0.4) is 0 Å². The summed E-state index contributed by atoms with van der Waals surface area (Å²) >= 11 is 0. The van der Waals surface area contributed by atoms with Crippen LogP contribution in [0, 0.1) is 5.92 Å². The summed E-state index contributed by atoms with van der Waals surface area (Å²) in [5, 5.41) is 2.81. The Morgan fingerprint density at radius 1 is 0.967 bits per heavy atom. The van der Waals surface area contributed by atoms with Gasteiger partial charge in [0, 0.05) is 39.0 Å². The molecule has 9 heteroatoms. The number of nitrogens with one attached hydrogen (secondary N) is 3. The molecule has 0 unspecified atom stereocenters. The lowest BCUT2D eigenvalue weighted by Crippen LogP contribution is -2.30. The molecule has 0 aromatic carbocycles. The van der Waals surface area contributed by atoms with Gasteiger partial charge < -0.3 is 30.0 Å². The fourth-order valence-corrected chi connectivity index (χ4v) is 3.11. The first-order valence-corrected chi connectivity index (χ1v) is 10.1. The molecule has 0 spiro atoms. The van der Waals surface area contributed by atoms with Crippen molar-refractivity contribution in [1.82, 2.24) is 19.8 Å². The van der Waals surface area contributed by atoms with Gasteiger partial charge in [0.2, 0.25) is 5.91 Å². The molecular weight excluding hydrogens is 384 g/mol. The van der Waals surface area contributed by atoms with Crippen molar-refractivity contribution in [2.45, 2.75) is 19.3 Å². The van der Waals surface area contributed by atoms with Crippen molar-refractivity contribution >= 4 is 29.1 Å². The zero-order valence-electron chi connectivity index (χ0n) is 18.0. The molecule has 0 atom stereocenters. The number of carbonyl (C=O) groups is 3. The summed E-state index contributed by atoms with van der Waals surface area (Å²) in [6.45, 7) is 1.56. The summed E-state index contributed by atoms with van der Waals surface area (Å²) in [6.07, 6.45) is 5.97. The molecule has 1 fully saturated rings. The van der Waals surface area contributed by atoms with Gasteiger partial charge >= 0.3 is 0 Å². The molecule has 1 saturated carbocycles. The maximum Gasteiger partial charge on any atom is 0.274 e. The molecule has 3 rings (SSSR count). The van der Waals surface area contributed by atoms with Crippen molar-refractivity contribution < 1.29 is 14.4 Å². The van der Waals surface area contributed by atoms with Crippen LogP contribution in [0.15, 0.2) is 24.5 Å². The number of rotatable bonds is 9. The van der Waals surface area contributed by atoms with Crippen LogP contribution in [-0.4, -0.2) is 78.8 Å². The largest absolute Gasteiger partial charge is 0.355 e. The first-order valence-electron chi connectivity index (χ1n) is 10.1. The van der Waals surface area contributed by atoms with E-state index in [0.717, 1.165) is 25.8 Å². The topological polar surface area (TPSA) is 105 Å². The van der Waals surface area contributed by atoms with Crippen LogP contribution in [0.5, 0.6) is 0 Å². The number of nitrogens with zero attached hydrogens (tertiary/aromatic N) is 3. The Labute approximate surface area is 176 Å². The molecule has 30 heavy (non-hydrogen) atoms. The average Bonchev–Trinajstić information content (AvgIpc) is 3.27. The van der Waals surface area contributed by atoms with Crippen molar-refractivity contribution in [1.29, 1.82) is 0 Å². The van der Waals surface area contributed by atoms with Gasteiger partial charge in [-0.15, -0.1) is 0 Å². The predicted octanol–water partition coefficient (Wildman–Crippen LogP) is 1.99. The molecule has 3 N–H and O–H groups in total. The smallest absolute Gasteiger partial charge is 0.274 e. The number of aromatic nitrogens is 2. The highest BCUT2D eigenvalue weighted by Crippen LogP contribution is 2.30. The number of amides is 3. The average molecular weight is 415 g/mol. The second-order valence-electron chi connectivity index (χ2n) is 8.08. The van der Waals surface area contributed by atoms with Crippen molar-refractivity contribution in [3.8, 4) is 0 Å². The van der Waals surface area contributed by atoms with Crippen LogP contribution >= 0.6 is 0 Å². The molecule has 0 bridgehead atoms. The fraction of sp³-hybridized carbons (Fsp3) is 0.476. The first kappa shape index (κ1) is 21.6. The first-order chi connectivity index (χ1) is 14.3. The van der Waals surface area contributed by atoms with E-state index in [-0.39, 0.29) is 23.6 Å². The minimum absolute atomic E-state index is 0.00940. The lowest BCUT2D eigenvalue weighted by molar-refractivity contribution is -0.117. The quantitative estimate of drug-likeness (QED) is 0.584. The zero-order chi connectivity index (χ0) is 21.8. The summed E-state index contributed by atoms with van der Waals surface area (Å²) in [4.78, 5) is 48.3. The number of anilines is 2. The van der Waals surface area contributed by atoms with E-state index in [2.05, 4.69) is 20.2 Å². The van der Waals surface area contributed by atoms with E-state index in [1.54, 1.807) is 43.5 Å². The standard InChI is InChI=1S/C21H30N6O3/c1-25(2)8-5-9-26(3)20(29)18-11-16(13-23-18)27(4)21(30)17-10-15(12-22-17)24-19(28)14-6-7-14/h10-14,22-23H,5-9H2,1-4H3,(H,24,28). The maximum absolute atomic E-state index is 12.8. The lowest BCUT2D eigenvalue weighted by Gasteiger charge is -2.18. The van der Waals surface area contributed by atoms with Crippen molar-refractivity contribution in [3.05, 3.63) is 35.9 Å². The summed E-state index contributed by atoms with van der Waals surface area (Å²) in [5.74, 6) is -0.298. The van der Waals surface area contributed by atoms with Crippen molar-refractivity contribution in [2.24, 2.45) is 5.92 Å². The van der Waals surface area contributed by atoms with Gasteiger partial charge in [0.05, 0.1) is 11.4 Å². The summed E-state index contributed by atoms with van der Waals surface area (Å²) < 4.78 is 0. The van der Waals surface area contributed by atoms with E-state index in [1.165, 1.54) is 4.90 Å². The Balaban J connectivity index is 1.59. The van der Waals surface area contributed by atoms with E-state index in [9.17, 15) is 14.4 Å². The Bertz CT molecular complexity index is 911. The summed E-state index contributed by atoms with van der Waals surface area (Å²) in [5.41, 5.74) is 1.95. The van der Waals surface area contributed by atoms with Gasteiger partial charge in [-0.3, -0.25) is 14.4 Å². The molecule has 3 amide bonds. The van der Waals surface area contributed by atoms with E-state index in [1.807, 2.05) is 14.1 Å². The molecule has 2 heterocycles. The minimum Gasteiger partial charge on any atom is -0.355 e. The Morgan fingerprint density at radius 2 is 1.63 bits per heavy atom. The lowest BCUT2D eigenvalue weighted by atomic mass is 10.3. The van der Waals surface area contributed by atoms with Gasteiger partial charge in [0.25, 0.3) is 11.8 Å². The van der Waals surface area contributed by atoms with E-state index < -0.39 is 0 Å². The monoisotopic (exact) mass is 414 g/mol. The van der Waals surface area contributed by atoms with Crippen LogP contribution in [0.25, 0.3) is 0 Å². The number of hydrogen-bond acceptors (Lipinski definition) is 4. The Hall–Kier alpha value is -3.07. The Morgan fingerprint density at radius 3 is 2.30 bits per heavy atom. The number of carbonyl (C=O) groups excluding carboxylic acids is 3.